The molecular weight excluding hydrogens is 422 g/mol. The lowest BCUT2D eigenvalue weighted by Crippen LogP contribution is -2.44. The van der Waals surface area contributed by atoms with E-state index in [1.807, 2.05) is 24.4 Å². The number of nitrogens with zero attached hydrogens (tertiary/aromatic N) is 3. The van der Waals surface area contributed by atoms with Crippen LogP contribution in [0.1, 0.15) is 29.7 Å². The standard InChI is InChI=1S/C25H27N3O3S/c1-31-20-7-8-24-22(14-20)18(9-11-27-24)4-2-5-19-10-13-28(16-23(19)25(29)30)12-3-6-21-15-26-17-32-21/h7-9,11,14-15,17,19,23H,2,4-5,10,12-13,16H2,1H3,(H,29,30)/t19-,23+/m1/s1. The molecule has 0 unspecified atom stereocenters. The molecule has 1 aliphatic heterocycles. The predicted molar refractivity (Wildman–Crippen MR) is 126 cm³/mol. The highest BCUT2D eigenvalue weighted by molar-refractivity contribution is 7.10. The Morgan fingerprint density at radius 2 is 2.28 bits per heavy atom. The van der Waals surface area contributed by atoms with Gasteiger partial charge in [-0.05, 0) is 68.0 Å². The average Bonchev–Trinajstić information content (AvgIpc) is 3.33. The number of aromatic nitrogens is 2. The van der Waals surface area contributed by atoms with Crippen LogP contribution in [0.15, 0.2) is 42.2 Å². The maximum absolute atomic E-state index is 12.0. The fourth-order valence-electron chi connectivity index (χ4n) is 4.43. The Morgan fingerprint density at radius 1 is 1.38 bits per heavy atom. The zero-order valence-electron chi connectivity index (χ0n) is 18.2. The van der Waals surface area contributed by atoms with E-state index in [4.69, 9.17) is 4.74 Å². The molecule has 0 saturated carbocycles. The van der Waals surface area contributed by atoms with Crippen LogP contribution in [0.5, 0.6) is 5.75 Å². The Hall–Kier alpha value is -2.95. The summed E-state index contributed by atoms with van der Waals surface area (Å²) < 4.78 is 5.37. The zero-order valence-corrected chi connectivity index (χ0v) is 19.0. The second-order valence-electron chi connectivity index (χ2n) is 8.14. The number of piperidine rings is 1. The number of aliphatic carboxylic acids is 1. The van der Waals surface area contributed by atoms with Crippen molar-refractivity contribution < 1.29 is 14.6 Å². The summed E-state index contributed by atoms with van der Waals surface area (Å²) in [6.45, 7) is 2.05. The van der Waals surface area contributed by atoms with Crippen LogP contribution in [-0.4, -0.2) is 52.7 Å². The summed E-state index contributed by atoms with van der Waals surface area (Å²) in [5.74, 6) is 6.24. The van der Waals surface area contributed by atoms with Crippen LogP contribution < -0.4 is 4.74 Å². The molecule has 1 N–H and O–H groups in total. The zero-order chi connectivity index (χ0) is 22.3. The van der Waals surface area contributed by atoms with E-state index in [1.54, 1.807) is 18.8 Å². The molecule has 1 aromatic carbocycles. The Labute approximate surface area is 192 Å². The second-order valence-corrected chi connectivity index (χ2v) is 9.03. The average molecular weight is 450 g/mol. The summed E-state index contributed by atoms with van der Waals surface area (Å²) in [5, 5.41) is 10.9. The molecule has 1 aliphatic rings. The fraction of sp³-hybridized carbons (Fsp3) is 0.400. The van der Waals surface area contributed by atoms with Gasteiger partial charge < -0.3 is 9.84 Å². The van der Waals surface area contributed by atoms with E-state index in [0.29, 0.717) is 13.1 Å². The van der Waals surface area contributed by atoms with Gasteiger partial charge in [-0.3, -0.25) is 19.7 Å². The molecule has 0 spiro atoms. The summed E-state index contributed by atoms with van der Waals surface area (Å²) in [4.78, 5) is 23.5. The number of methoxy groups -OCH3 is 1. The minimum atomic E-state index is -0.700. The Morgan fingerprint density at radius 3 is 3.06 bits per heavy atom. The molecule has 3 heterocycles. The van der Waals surface area contributed by atoms with Crippen LogP contribution in [-0.2, 0) is 11.2 Å². The first-order valence-electron chi connectivity index (χ1n) is 10.9. The third-order valence-corrected chi connectivity index (χ3v) is 6.85. The third-order valence-electron chi connectivity index (χ3n) is 6.16. The number of carboxylic acids is 1. The number of hydrogen-bond donors (Lipinski definition) is 1. The molecular formula is C25H27N3O3S. The molecule has 0 bridgehead atoms. The van der Waals surface area contributed by atoms with Crippen LogP contribution in [0.3, 0.4) is 0 Å². The Kier molecular flexibility index (Phi) is 7.35. The molecule has 6 nitrogen and oxygen atoms in total. The number of rotatable bonds is 7. The summed E-state index contributed by atoms with van der Waals surface area (Å²) in [6.07, 6.45) is 7.26. The third kappa shape index (κ3) is 5.45. The van der Waals surface area contributed by atoms with Crippen molar-refractivity contribution in [2.24, 2.45) is 11.8 Å². The van der Waals surface area contributed by atoms with Gasteiger partial charge in [-0.1, -0.05) is 11.8 Å². The van der Waals surface area contributed by atoms with Gasteiger partial charge in [0, 0.05) is 18.1 Å². The lowest BCUT2D eigenvalue weighted by molar-refractivity contribution is -0.146. The molecule has 2 atom stereocenters. The van der Waals surface area contributed by atoms with Crippen molar-refractivity contribution >= 4 is 28.2 Å². The van der Waals surface area contributed by atoms with Crippen molar-refractivity contribution in [3.05, 3.63) is 52.6 Å². The van der Waals surface area contributed by atoms with Crippen LogP contribution in [0.25, 0.3) is 10.9 Å². The van der Waals surface area contributed by atoms with E-state index in [0.717, 1.165) is 53.8 Å². The van der Waals surface area contributed by atoms with Crippen LogP contribution in [0, 0.1) is 23.7 Å². The Balaban J connectivity index is 1.34. The highest BCUT2D eigenvalue weighted by atomic mass is 32.1. The largest absolute Gasteiger partial charge is 0.497 e. The van der Waals surface area contributed by atoms with Crippen molar-refractivity contribution in [2.75, 3.05) is 26.7 Å². The van der Waals surface area contributed by atoms with Gasteiger partial charge in [-0.25, -0.2) is 0 Å². The monoisotopic (exact) mass is 449 g/mol. The van der Waals surface area contributed by atoms with E-state index in [-0.39, 0.29) is 11.8 Å². The highest BCUT2D eigenvalue weighted by Crippen LogP contribution is 2.30. The van der Waals surface area contributed by atoms with Crippen molar-refractivity contribution in [1.29, 1.82) is 0 Å². The van der Waals surface area contributed by atoms with Crippen molar-refractivity contribution in [3.8, 4) is 17.6 Å². The number of carbonyl (C=O) groups is 1. The molecule has 0 amide bonds. The topological polar surface area (TPSA) is 75.5 Å². The van der Waals surface area contributed by atoms with E-state index in [9.17, 15) is 9.90 Å². The van der Waals surface area contributed by atoms with Gasteiger partial charge in [-0.15, -0.1) is 11.3 Å². The minimum absolute atomic E-state index is 0.195. The summed E-state index contributed by atoms with van der Waals surface area (Å²) in [5.41, 5.74) is 3.96. The number of fused-ring (bicyclic) bond motifs is 1. The van der Waals surface area contributed by atoms with Crippen LogP contribution in [0.4, 0.5) is 0 Å². The first-order valence-corrected chi connectivity index (χ1v) is 11.8. The highest BCUT2D eigenvalue weighted by Gasteiger charge is 2.33. The van der Waals surface area contributed by atoms with Gasteiger partial charge in [-0.2, -0.15) is 0 Å². The molecule has 3 aromatic rings. The van der Waals surface area contributed by atoms with Crippen molar-refractivity contribution in [1.82, 2.24) is 14.9 Å². The van der Waals surface area contributed by atoms with Gasteiger partial charge in [0.15, 0.2) is 0 Å². The van der Waals surface area contributed by atoms with Gasteiger partial charge in [0.05, 0.1) is 41.7 Å². The van der Waals surface area contributed by atoms with Crippen molar-refractivity contribution in [3.63, 3.8) is 0 Å². The molecule has 32 heavy (non-hydrogen) atoms. The van der Waals surface area contributed by atoms with Crippen LogP contribution >= 0.6 is 11.3 Å². The molecule has 1 saturated heterocycles. The number of carboxylic acid groups (broad SMARTS) is 1. The SMILES string of the molecule is COc1ccc2nccc(CCC[C@@H]3CCN(CC#Cc4cncs4)C[C@@H]3C(=O)O)c2c1. The van der Waals surface area contributed by atoms with E-state index in [1.165, 1.54) is 16.9 Å². The van der Waals surface area contributed by atoms with Gasteiger partial charge in [0.1, 0.15) is 5.75 Å². The molecule has 1 fully saturated rings. The normalized spacial score (nSPS) is 18.8. The lowest BCUT2D eigenvalue weighted by atomic mass is 9.81. The Bertz CT molecular complexity index is 1120. The maximum atomic E-state index is 12.0. The van der Waals surface area contributed by atoms with E-state index in [2.05, 4.69) is 32.8 Å². The lowest BCUT2D eigenvalue weighted by Gasteiger charge is -2.35. The summed E-state index contributed by atoms with van der Waals surface area (Å²) in [6, 6.07) is 7.99. The number of hydrogen-bond acceptors (Lipinski definition) is 6. The first kappa shape index (κ1) is 22.3. The fourth-order valence-corrected chi connectivity index (χ4v) is 4.92. The molecule has 0 radical (unpaired) electrons. The maximum Gasteiger partial charge on any atom is 0.308 e. The van der Waals surface area contributed by atoms with Gasteiger partial charge in [0.2, 0.25) is 0 Å². The van der Waals surface area contributed by atoms with E-state index < -0.39 is 5.97 Å². The molecule has 166 valence electrons. The number of benzene rings is 1. The second kappa shape index (κ2) is 10.6. The molecule has 7 heteroatoms. The number of thiazole rings is 1. The minimum Gasteiger partial charge on any atom is -0.497 e. The number of aryl methyl sites for hydroxylation is 1. The smallest absolute Gasteiger partial charge is 0.308 e. The molecule has 2 aromatic heterocycles. The summed E-state index contributed by atoms with van der Waals surface area (Å²) in [7, 11) is 1.67. The summed E-state index contributed by atoms with van der Waals surface area (Å²) >= 11 is 1.52. The van der Waals surface area contributed by atoms with E-state index >= 15 is 0 Å². The number of pyridine rings is 1. The predicted octanol–water partition coefficient (Wildman–Crippen LogP) is 4.10. The van der Waals surface area contributed by atoms with Gasteiger partial charge >= 0.3 is 5.97 Å². The molecule has 4 rings (SSSR count). The number of ether oxygens (including phenoxy) is 1. The first-order chi connectivity index (χ1) is 15.6. The van der Waals surface area contributed by atoms with Crippen molar-refractivity contribution in [2.45, 2.75) is 25.7 Å². The van der Waals surface area contributed by atoms with Gasteiger partial charge in [0.25, 0.3) is 0 Å². The van der Waals surface area contributed by atoms with Crippen LogP contribution in [0.2, 0.25) is 0 Å². The molecule has 0 aliphatic carbocycles. The quantitative estimate of drug-likeness (QED) is 0.548. The number of likely N-dealkylation sites (tertiary alicyclic amines) is 1.